The molecule has 4 heterocycles. The Labute approximate surface area is 422 Å². The minimum absolute atomic E-state index is 0. The van der Waals surface area contributed by atoms with Gasteiger partial charge in [0, 0.05) is 20.9 Å². The Morgan fingerprint density at radius 1 is 0.458 bits per heavy atom. The Hall–Kier alpha value is -0.628. The molecule has 308 valence electrons. The summed E-state index contributed by atoms with van der Waals surface area (Å²) in [5.41, 5.74) is 9.06. The number of aromatic nitrogens is 2. The first-order chi connectivity index (χ1) is 27.2. The van der Waals surface area contributed by atoms with Crippen LogP contribution in [0.5, 0.6) is 0 Å². The van der Waals surface area contributed by atoms with E-state index in [-0.39, 0.29) is 80.1 Å². The topological polar surface area (TPSA) is 25.8 Å². The molecule has 0 aliphatic carbocycles. The molecule has 59 heavy (non-hydrogen) atoms. The summed E-state index contributed by atoms with van der Waals surface area (Å²) in [5, 5.41) is 6.63. The van der Waals surface area contributed by atoms with Crippen LogP contribution in [0.3, 0.4) is 0 Å². The molecular formula is C50H62Br2Mg2N2S3. The normalized spacial score (nSPS) is 10.8. The molecule has 6 rings (SSSR count). The van der Waals surface area contributed by atoms with E-state index < -0.39 is 0 Å². The predicted octanol–water partition coefficient (Wildman–Crippen LogP) is 10.3. The SMILES string of the molecule is CCCCCCCCCCCCc1cccc(-c2nc3c(-c4cc[c-]s4)sc(-c4cc[c-]s4)c3nc2-c2cccc(CCCCCCCCCCCC)c2)c1.[Br-].[Br-].[Mg+2].[Mg+2]. The molecule has 0 unspecified atom stereocenters. The smallest absolute Gasteiger partial charge is 1.00 e. The Kier molecular flexibility index (Phi) is 28.9. The van der Waals surface area contributed by atoms with Crippen molar-refractivity contribution in [3.8, 4) is 42.0 Å². The second-order valence-electron chi connectivity index (χ2n) is 15.5. The zero-order chi connectivity index (χ0) is 37.9. The van der Waals surface area contributed by atoms with Crippen molar-refractivity contribution in [2.75, 3.05) is 0 Å². The third kappa shape index (κ3) is 17.1. The maximum Gasteiger partial charge on any atom is 2.00 e. The molecule has 0 fully saturated rings. The van der Waals surface area contributed by atoms with Gasteiger partial charge < -0.3 is 34.0 Å². The van der Waals surface area contributed by atoms with Crippen LogP contribution in [0, 0.1) is 10.8 Å². The molecule has 0 amide bonds. The van der Waals surface area contributed by atoms with Crippen molar-refractivity contribution >= 4 is 91.1 Å². The van der Waals surface area contributed by atoms with Crippen LogP contribution in [0.4, 0.5) is 0 Å². The fourth-order valence-corrected chi connectivity index (χ4v) is 10.5. The van der Waals surface area contributed by atoms with Crippen LogP contribution in [0.15, 0.2) is 72.8 Å². The molecule has 0 N–H and O–H groups in total. The summed E-state index contributed by atoms with van der Waals surface area (Å²) in [7, 11) is 0. The number of nitrogens with zero attached hydrogens (tertiary/aromatic N) is 2. The second-order valence-corrected chi connectivity index (χ2v) is 18.3. The number of fused-ring (bicyclic) bond motifs is 1. The molecule has 6 aromatic rings. The third-order valence-electron chi connectivity index (χ3n) is 11.0. The molecule has 0 saturated carbocycles. The van der Waals surface area contributed by atoms with Gasteiger partial charge in [0.15, 0.2) is 0 Å². The maximum atomic E-state index is 5.60. The average Bonchev–Trinajstić information content (AvgIpc) is 4.02. The summed E-state index contributed by atoms with van der Waals surface area (Å²) in [5.74, 6) is 0. The summed E-state index contributed by atoms with van der Waals surface area (Å²) in [4.78, 5) is 16.0. The molecule has 4 aromatic heterocycles. The monoisotopic (exact) mass is 992 g/mol. The Morgan fingerprint density at radius 3 is 1.15 bits per heavy atom. The minimum atomic E-state index is 0. The van der Waals surface area contributed by atoms with Crippen molar-refractivity contribution in [3.05, 3.63) is 94.7 Å². The van der Waals surface area contributed by atoms with Crippen LogP contribution in [0.1, 0.15) is 153 Å². The zero-order valence-corrected chi connectivity index (χ0v) is 44.2. The number of aryl methyl sites for hydroxylation is 2. The fraction of sp³-hybridized carbons (Fsp3) is 0.480. The summed E-state index contributed by atoms with van der Waals surface area (Å²) < 4.78 is 0. The van der Waals surface area contributed by atoms with Gasteiger partial charge in [-0.3, -0.25) is 22.7 Å². The van der Waals surface area contributed by atoms with Crippen LogP contribution >= 0.6 is 34.0 Å². The van der Waals surface area contributed by atoms with Crippen molar-refractivity contribution < 1.29 is 34.0 Å². The fourth-order valence-electron chi connectivity index (χ4n) is 7.80. The van der Waals surface area contributed by atoms with Crippen molar-refractivity contribution in [1.82, 2.24) is 9.97 Å². The molecule has 9 heteroatoms. The number of hydrogen-bond acceptors (Lipinski definition) is 5. The van der Waals surface area contributed by atoms with Crippen LogP contribution in [-0.4, -0.2) is 56.1 Å². The first-order valence-electron chi connectivity index (χ1n) is 21.7. The molecule has 0 bridgehead atoms. The third-order valence-corrected chi connectivity index (χ3v) is 14.1. The Bertz CT molecular complexity index is 1840. The molecule has 0 spiro atoms. The number of unbranched alkanes of at least 4 members (excludes halogenated alkanes) is 18. The summed E-state index contributed by atoms with van der Waals surface area (Å²) >= 11 is 5.12. The van der Waals surface area contributed by atoms with Crippen LogP contribution in [-0.2, 0) is 12.8 Å². The number of halogens is 2. The van der Waals surface area contributed by atoms with Gasteiger partial charge in [0.05, 0.1) is 22.4 Å². The van der Waals surface area contributed by atoms with E-state index in [1.807, 2.05) is 12.1 Å². The maximum absolute atomic E-state index is 5.60. The van der Waals surface area contributed by atoms with Gasteiger partial charge in [0.25, 0.3) is 0 Å². The molecule has 0 aliphatic heterocycles. The first kappa shape index (κ1) is 54.5. The summed E-state index contributed by atoms with van der Waals surface area (Å²) in [6.45, 7) is 4.59. The van der Waals surface area contributed by atoms with Gasteiger partial charge in [0.2, 0.25) is 0 Å². The molecule has 0 atom stereocenters. The van der Waals surface area contributed by atoms with Crippen molar-refractivity contribution in [2.24, 2.45) is 0 Å². The number of hydrogen-bond donors (Lipinski definition) is 0. The van der Waals surface area contributed by atoms with Crippen molar-refractivity contribution in [3.63, 3.8) is 0 Å². The van der Waals surface area contributed by atoms with Crippen LogP contribution < -0.4 is 34.0 Å². The van der Waals surface area contributed by atoms with Gasteiger partial charge in [-0.1, -0.05) is 166 Å². The van der Waals surface area contributed by atoms with Gasteiger partial charge in [0.1, 0.15) is 0 Å². The molecule has 0 radical (unpaired) electrons. The minimum Gasteiger partial charge on any atom is -1.00 e. The van der Waals surface area contributed by atoms with E-state index in [4.69, 9.17) is 9.97 Å². The zero-order valence-electron chi connectivity index (χ0n) is 35.8. The van der Waals surface area contributed by atoms with Gasteiger partial charge in [-0.25, -0.2) is 9.97 Å². The largest absolute Gasteiger partial charge is 2.00 e. The van der Waals surface area contributed by atoms with E-state index >= 15 is 0 Å². The summed E-state index contributed by atoms with van der Waals surface area (Å²) in [6, 6.07) is 26.7. The van der Waals surface area contributed by atoms with E-state index in [0.29, 0.717) is 0 Å². The molecule has 2 aromatic carbocycles. The number of benzene rings is 2. The summed E-state index contributed by atoms with van der Waals surface area (Å²) in [6.07, 6.45) is 29.4. The van der Waals surface area contributed by atoms with Gasteiger partial charge in [-0.2, -0.15) is 35.6 Å². The Balaban J connectivity index is 0.00000300. The first-order valence-corrected chi connectivity index (χ1v) is 24.2. The molecule has 0 saturated heterocycles. The van der Waals surface area contributed by atoms with Crippen LogP contribution in [0.25, 0.3) is 53.1 Å². The van der Waals surface area contributed by atoms with Gasteiger partial charge >= 0.3 is 46.1 Å². The average molecular weight is 996 g/mol. The number of thiophene rings is 3. The van der Waals surface area contributed by atoms with E-state index in [0.717, 1.165) is 46.4 Å². The molecule has 2 nitrogen and oxygen atoms in total. The van der Waals surface area contributed by atoms with Crippen LogP contribution in [0.2, 0.25) is 0 Å². The quantitative estimate of drug-likeness (QED) is 0.0308. The van der Waals surface area contributed by atoms with Gasteiger partial charge in [-0.05, 0) is 48.9 Å². The van der Waals surface area contributed by atoms with E-state index in [1.54, 1.807) is 34.0 Å². The van der Waals surface area contributed by atoms with E-state index in [1.165, 1.54) is 159 Å². The van der Waals surface area contributed by atoms with Crippen molar-refractivity contribution in [2.45, 2.75) is 155 Å². The predicted molar refractivity (Wildman–Crippen MR) is 255 cm³/mol. The van der Waals surface area contributed by atoms with Gasteiger partial charge in [-0.15, -0.1) is 20.5 Å². The van der Waals surface area contributed by atoms with Crippen molar-refractivity contribution in [1.29, 1.82) is 0 Å². The second kappa shape index (κ2) is 31.3. The standard InChI is InChI=1S/C50H62N2S3.2BrH.2Mg/c1-3-5-7-9-11-13-15-17-19-21-27-39-29-23-31-41(37-39)45-46(42-32-24-30-40(38-42)28-22-20-18-16-14-12-10-8-6-4-2)52-48-47(51-45)49(43-33-25-35-53-43)55-50(48)44-34-26-36-54-44;;;;/h23-26,29-34,37-38H,3-22,27-28H2,1-2H3;2*1H;;/q-2;;;2*+2/p-2. The Morgan fingerprint density at radius 2 is 0.814 bits per heavy atom. The molecule has 0 aliphatic rings. The van der Waals surface area contributed by atoms with E-state index in [2.05, 4.69) is 85.3 Å². The molecular weight excluding hydrogens is 933 g/mol. The number of rotatable bonds is 26. The van der Waals surface area contributed by atoms with E-state index in [9.17, 15) is 0 Å².